The summed E-state index contributed by atoms with van der Waals surface area (Å²) in [6.07, 6.45) is 3.21. The third kappa shape index (κ3) is 8.86. The summed E-state index contributed by atoms with van der Waals surface area (Å²) < 4.78 is 5.00. The third-order valence-electron chi connectivity index (χ3n) is 3.90. The molecule has 0 aliphatic rings. The summed E-state index contributed by atoms with van der Waals surface area (Å²) in [7, 11) is 0. The lowest BCUT2D eigenvalue weighted by molar-refractivity contribution is -0.144. The third-order valence-corrected chi connectivity index (χ3v) is 3.90. The molecule has 0 fully saturated rings. The Hall–Kier alpha value is -1.63. The van der Waals surface area contributed by atoms with Crippen LogP contribution in [0.3, 0.4) is 0 Å². The number of hydrogen-bond acceptors (Lipinski definition) is 5. The van der Waals surface area contributed by atoms with Gasteiger partial charge in [0.2, 0.25) is 11.8 Å². The topological polar surface area (TPSA) is 111 Å². The molecule has 0 rings (SSSR count). The van der Waals surface area contributed by atoms with E-state index < -0.39 is 18.0 Å². The molecule has 24 heavy (non-hydrogen) atoms. The van der Waals surface area contributed by atoms with Crippen LogP contribution in [0.15, 0.2) is 0 Å². The van der Waals surface area contributed by atoms with Crippen molar-refractivity contribution in [3.8, 4) is 0 Å². The number of esters is 1. The summed E-state index contributed by atoms with van der Waals surface area (Å²) in [5, 5.41) is 5.86. The lowest BCUT2D eigenvalue weighted by atomic mass is 9.99. The fraction of sp³-hybridized carbons (Fsp3) is 0.824. The van der Waals surface area contributed by atoms with Crippen LogP contribution >= 0.6 is 0 Å². The van der Waals surface area contributed by atoms with Crippen LogP contribution in [0.25, 0.3) is 0 Å². The predicted octanol–water partition coefficient (Wildman–Crippen LogP) is 1.10. The average Bonchev–Trinajstić information content (AvgIpc) is 2.53. The van der Waals surface area contributed by atoms with Crippen LogP contribution in [0, 0.1) is 5.92 Å². The molecule has 0 heterocycles. The number of hydrogen-bond donors (Lipinski definition) is 3. The zero-order valence-corrected chi connectivity index (χ0v) is 15.4. The molecule has 0 saturated carbocycles. The van der Waals surface area contributed by atoms with Crippen LogP contribution in [-0.4, -0.2) is 43.0 Å². The highest BCUT2D eigenvalue weighted by atomic mass is 16.5. The maximum Gasteiger partial charge on any atom is 0.306 e. The maximum absolute atomic E-state index is 12.3. The van der Waals surface area contributed by atoms with Crippen molar-refractivity contribution in [1.29, 1.82) is 0 Å². The molecule has 7 nitrogen and oxygen atoms in total. The van der Waals surface area contributed by atoms with Gasteiger partial charge in [-0.2, -0.15) is 0 Å². The number of primary amides is 1. The van der Waals surface area contributed by atoms with Gasteiger partial charge in [0, 0.05) is 6.42 Å². The van der Waals surface area contributed by atoms with Crippen LogP contribution in [-0.2, 0) is 19.1 Å². The molecular formula is C17H33N3O4. The summed E-state index contributed by atoms with van der Waals surface area (Å²) in [6.45, 7) is 8.44. The molecule has 0 aromatic carbocycles. The van der Waals surface area contributed by atoms with Crippen molar-refractivity contribution in [3.05, 3.63) is 0 Å². The van der Waals surface area contributed by atoms with E-state index in [9.17, 15) is 14.4 Å². The van der Waals surface area contributed by atoms with Gasteiger partial charge in [-0.1, -0.05) is 27.2 Å². The number of rotatable bonds is 13. The van der Waals surface area contributed by atoms with E-state index in [4.69, 9.17) is 10.5 Å². The van der Waals surface area contributed by atoms with Crippen molar-refractivity contribution in [3.63, 3.8) is 0 Å². The highest BCUT2D eigenvalue weighted by Gasteiger charge is 2.23. The Morgan fingerprint density at radius 2 is 1.67 bits per heavy atom. The standard InChI is InChI=1S/C17H33N3O4/c1-5-9-12(10-15(21)24-8-4)11-19-14(7-3)17(23)20-13(6-2)16(18)22/h12-14,19H,5-11H2,1-4H3,(H2,18,22)(H,20,23). The first-order chi connectivity index (χ1) is 11.4. The van der Waals surface area contributed by atoms with Gasteiger partial charge >= 0.3 is 5.97 Å². The van der Waals surface area contributed by atoms with Crippen molar-refractivity contribution in [2.24, 2.45) is 11.7 Å². The minimum Gasteiger partial charge on any atom is -0.466 e. The number of nitrogens with two attached hydrogens (primary N) is 1. The van der Waals surface area contributed by atoms with E-state index in [1.807, 2.05) is 6.92 Å². The molecule has 3 atom stereocenters. The van der Waals surface area contributed by atoms with Crippen LogP contribution in [0.4, 0.5) is 0 Å². The van der Waals surface area contributed by atoms with E-state index in [-0.39, 0.29) is 17.8 Å². The normalized spacial score (nSPS) is 14.5. The highest BCUT2D eigenvalue weighted by molar-refractivity contribution is 5.88. The van der Waals surface area contributed by atoms with E-state index >= 15 is 0 Å². The van der Waals surface area contributed by atoms with Gasteiger partial charge < -0.3 is 21.1 Å². The van der Waals surface area contributed by atoms with Gasteiger partial charge in [-0.3, -0.25) is 14.4 Å². The van der Waals surface area contributed by atoms with E-state index in [1.54, 1.807) is 13.8 Å². The van der Waals surface area contributed by atoms with Crippen LogP contribution in [0.1, 0.15) is 59.8 Å². The second-order valence-corrected chi connectivity index (χ2v) is 5.90. The Bertz CT molecular complexity index is 401. The van der Waals surface area contributed by atoms with Crippen molar-refractivity contribution < 1.29 is 19.1 Å². The number of ether oxygens (including phenoxy) is 1. The molecule has 2 amide bonds. The summed E-state index contributed by atoms with van der Waals surface area (Å²) in [5.74, 6) is -0.870. The smallest absolute Gasteiger partial charge is 0.306 e. The molecule has 0 aliphatic carbocycles. The second kappa shape index (κ2) is 12.8. The van der Waals surface area contributed by atoms with Crippen LogP contribution in [0.2, 0.25) is 0 Å². The molecule has 4 N–H and O–H groups in total. The van der Waals surface area contributed by atoms with E-state index in [0.29, 0.717) is 32.4 Å². The minimum absolute atomic E-state index is 0.119. The Kier molecular flexibility index (Phi) is 11.9. The van der Waals surface area contributed by atoms with Gasteiger partial charge in [0.25, 0.3) is 0 Å². The van der Waals surface area contributed by atoms with E-state index in [0.717, 1.165) is 12.8 Å². The van der Waals surface area contributed by atoms with Crippen LogP contribution in [0.5, 0.6) is 0 Å². The number of carbonyl (C=O) groups is 3. The maximum atomic E-state index is 12.3. The molecule has 0 aromatic heterocycles. The van der Waals surface area contributed by atoms with Crippen molar-refractivity contribution in [1.82, 2.24) is 10.6 Å². The SMILES string of the molecule is CCCC(CNC(CC)C(=O)NC(CC)C(N)=O)CC(=O)OCC. The summed E-state index contributed by atoms with van der Waals surface area (Å²) in [4.78, 5) is 35.2. The molecule has 0 aromatic rings. The fourth-order valence-electron chi connectivity index (χ4n) is 2.52. The van der Waals surface area contributed by atoms with Crippen molar-refractivity contribution >= 4 is 17.8 Å². The molecule has 3 unspecified atom stereocenters. The molecule has 0 radical (unpaired) electrons. The Labute approximate surface area is 145 Å². The zero-order valence-electron chi connectivity index (χ0n) is 15.4. The first kappa shape index (κ1) is 22.4. The first-order valence-corrected chi connectivity index (χ1v) is 8.88. The van der Waals surface area contributed by atoms with Gasteiger partial charge in [-0.25, -0.2) is 0 Å². The summed E-state index contributed by atoms with van der Waals surface area (Å²) in [6, 6.07) is -1.07. The van der Waals surface area contributed by atoms with Gasteiger partial charge in [-0.15, -0.1) is 0 Å². The summed E-state index contributed by atoms with van der Waals surface area (Å²) in [5.41, 5.74) is 5.26. The van der Waals surface area contributed by atoms with Gasteiger partial charge in [-0.05, 0) is 38.6 Å². The molecule has 7 heteroatoms. The lowest BCUT2D eigenvalue weighted by Crippen LogP contribution is -2.52. The highest BCUT2D eigenvalue weighted by Crippen LogP contribution is 2.12. The average molecular weight is 343 g/mol. The molecule has 0 bridgehead atoms. The number of carbonyl (C=O) groups excluding carboxylic acids is 3. The van der Waals surface area contributed by atoms with Gasteiger partial charge in [0.15, 0.2) is 0 Å². The summed E-state index contributed by atoms with van der Waals surface area (Å²) >= 11 is 0. The fourth-order valence-corrected chi connectivity index (χ4v) is 2.52. The zero-order chi connectivity index (χ0) is 18.5. The minimum atomic E-state index is -0.653. The number of amides is 2. The quantitative estimate of drug-likeness (QED) is 0.434. The van der Waals surface area contributed by atoms with Crippen LogP contribution < -0.4 is 16.4 Å². The molecule has 0 saturated heterocycles. The molecule has 0 spiro atoms. The molecule has 0 aliphatic heterocycles. The Balaban J connectivity index is 4.58. The number of nitrogens with one attached hydrogen (secondary N) is 2. The van der Waals surface area contributed by atoms with Gasteiger partial charge in [0.05, 0.1) is 12.6 Å². The Morgan fingerprint density at radius 3 is 2.12 bits per heavy atom. The van der Waals surface area contributed by atoms with Crippen molar-refractivity contribution in [2.45, 2.75) is 71.9 Å². The van der Waals surface area contributed by atoms with E-state index in [2.05, 4.69) is 17.6 Å². The van der Waals surface area contributed by atoms with E-state index in [1.165, 1.54) is 0 Å². The largest absolute Gasteiger partial charge is 0.466 e. The first-order valence-electron chi connectivity index (χ1n) is 8.88. The monoisotopic (exact) mass is 343 g/mol. The Morgan fingerprint density at radius 1 is 1.04 bits per heavy atom. The van der Waals surface area contributed by atoms with Crippen molar-refractivity contribution in [2.75, 3.05) is 13.2 Å². The molecular weight excluding hydrogens is 310 g/mol. The van der Waals surface area contributed by atoms with Gasteiger partial charge in [0.1, 0.15) is 6.04 Å². The second-order valence-electron chi connectivity index (χ2n) is 5.90. The molecule has 140 valence electrons. The lowest BCUT2D eigenvalue weighted by Gasteiger charge is -2.23. The predicted molar refractivity (Wildman–Crippen MR) is 93.1 cm³/mol.